The quantitative estimate of drug-likeness (QED) is 0.621. The van der Waals surface area contributed by atoms with Crippen LogP contribution in [0.5, 0.6) is 0 Å². The Morgan fingerprint density at radius 2 is 2.20 bits per heavy atom. The van der Waals surface area contributed by atoms with E-state index in [1.165, 1.54) is 32.1 Å². The maximum Gasteiger partial charge on any atom is 0.00667 e. The van der Waals surface area contributed by atoms with Gasteiger partial charge in [0.2, 0.25) is 0 Å². The third kappa shape index (κ3) is 1.98. The van der Waals surface area contributed by atoms with Crippen LogP contribution < -0.4 is 5.32 Å². The fourth-order valence-electron chi connectivity index (χ4n) is 1.92. The van der Waals surface area contributed by atoms with Gasteiger partial charge in [-0.15, -0.1) is 0 Å². The van der Waals surface area contributed by atoms with E-state index in [2.05, 4.69) is 19.3 Å². The number of hydrogen-bond acceptors (Lipinski definition) is 1. The summed E-state index contributed by atoms with van der Waals surface area (Å²) in [6.45, 7) is 2.31. The molecular formula is C9H19N. The molecule has 0 heterocycles. The average molecular weight is 141 g/mol. The summed E-state index contributed by atoms with van der Waals surface area (Å²) in [4.78, 5) is 0. The molecule has 0 unspecified atom stereocenters. The largest absolute Gasteiger partial charge is 0.317 e. The Balaban J connectivity index is 2.25. The lowest BCUT2D eigenvalue weighted by molar-refractivity contribution is 0.289. The van der Waals surface area contributed by atoms with Crippen LogP contribution in [0.25, 0.3) is 0 Å². The van der Waals surface area contributed by atoms with E-state index in [1.807, 2.05) is 0 Å². The third-order valence-electron chi connectivity index (χ3n) is 2.77. The standard InChI is InChI=1S/C9H19N/c1-3-8-5-4-6-9(7-8)10-2/h8-10H,3-7H2,1-2H3/t8-,9+/m0/s1. The highest BCUT2D eigenvalue weighted by Crippen LogP contribution is 2.25. The van der Waals surface area contributed by atoms with Crippen LogP contribution in [0.2, 0.25) is 0 Å². The first kappa shape index (κ1) is 8.06. The predicted octanol–water partition coefficient (Wildman–Crippen LogP) is 2.17. The second-order valence-electron chi connectivity index (χ2n) is 3.43. The first-order valence-corrected chi connectivity index (χ1v) is 4.54. The summed E-state index contributed by atoms with van der Waals surface area (Å²) in [5.74, 6) is 1.01. The maximum absolute atomic E-state index is 3.37. The molecule has 1 aliphatic rings. The van der Waals surface area contributed by atoms with Gasteiger partial charge in [-0.1, -0.05) is 26.2 Å². The van der Waals surface area contributed by atoms with E-state index in [9.17, 15) is 0 Å². The molecule has 1 heteroatoms. The van der Waals surface area contributed by atoms with Crippen molar-refractivity contribution in [2.24, 2.45) is 5.92 Å². The lowest BCUT2D eigenvalue weighted by atomic mass is 9.84. The van der Waals surface area contributed by atoms with Crippen molar-refractivity contribution < 1.29 is 0 Å². The smallest absolute Gasteiger partial charge is 0.00667 e. The van der Waals surface area contributed by atoms with E-state index in [1.54, 1.807) is 0 Å². The van der Waals surface area contributed by atoms with E-state index in [0.717, 1.165) is 12.0 Å². The van der Waals surface area contributed by atoms with Crippen molar-refractivity contribution >= 4 is 0 Å². The first-order chi connectivity index (χ1) is 4.86. The number of nitrogens with one attached hydrogen (secondary N) is 1. The normalized spacial score (nSPS) is 34.2. The Morgan fingerprint density at radius 3 is 2.80 bits per heavy atom. The molecule has 1 rings (SSSR count). The molecule has 0 spiro atoms. The summed E-state index contributed by atoms with van der Waals surface area (Å²) in [5.41, 5.74) is 0. The summed E-state index contributed by atoms with van der Waals surface area (Å²) >= 11 is 0. The lowest BCUT2D eigenvalue weighted by Gasteiger charge is -2.27. The molecule has 0 aliphatic heterocycles. The molecule has 0 radical (unpaired) electrons. The van der Waals surface area contributed by atoms with Crippen LogP contribution in [-0.4, -0.2) is 13.1 Å². The van der Waals surface area contributed by atoms with Crippen molar-refractivity contribution in [2.45, 2.75) is 45.1 Å². The minimum absolute atomic E-state index is 0.818. The zero-order valence-electron chi connectivity index (χ0n) is 7.19. The van der Waals surface area contributed by atoms with E-state index in [-0.39, 0.29) is 0 Å². The van der Waals surface area contributed by atoms with E-state index in [4.69, 9.17) is 0 Å². The fourth-order valence-corrected chi connectivity index (χ4v) is 1.92. The molecule has 1 saturated carbocycles. The summed E-state index contributed by atoms with van der Waals surface area (Å²) in [7, 11) is 2.09. The Labute approximate surface area is 64.2 Å². The predicted molar refractivity (Wildman–Crippen MR) is 45.1 cm³/mol. The van der Waals surface area contributed by atoms with Crippen LogP contribution in [0, 0.1) is 5.92 Å². The average Bonchev–Trinajstić information content (AvgIpc) is 2.05. The Bertz CT molecular complexity index is 80.7. The molecule has 1 aliphatic carbocycles. The maximum atomic E-state index is 3.37. The second-order valence-corrected chi connectivity index (χ2v) is 3.43. The minimum atomic E-state index is 0.818. The van der Waals surface area contributed by atoms with Gasteiger partial charge in [0.25, 0.3) is 0 Å². The minimum Gasteiger partial charge on any atom is -0.317 e. The summed E-state index contributed by atoms with van der Waals surface area (Å²) in [5, 5.41) is 3.37. The Hall–Kier alpha value is -0.0400. The van der Waals surface area contributed by atoms with Crippen LogP contribution in [0.15, 0.2) is 0 Å². The van der Waals surface area contributed by atoms with Crippen LogP contribution in [-0.2, 0) is 0 Å². The van der Waals surface area contributed by atoms with Crippen molar-refractivity contribution in [1.82, 2.24) is 5.32 Å². The molecule has 0 bridgehead atoms. The van der Waals surface area contributed by atoms with Gasteiger partial charge in [0.1, 0.15) is 0 Å². The van der Waals surface area contributed by atoms with Crippen molar-refractivity contribution in [2.75, 3.05) is 7.05 Å². The summed E-state index contributed by atoms with van der Waals surface area (Å²) in [6.07, 6.45) is 7.08. The monoisotopic (exact) mass is 141 g/mol. The molecule has 1 N–H and O–H groups in total. The highest BCUT2D eigenvalue weighted by Gasteiger charge is 2.18. The highest BCUT2D eigenvalue weighted by atomic mass is 14.9. The van der Waals surface area contributed by atoms with Gasteiger partial charge in [-0.25, -0.2) is 0 Å². The molecule has 1 fully saturated rings. The van der Waals surface area contributed by atoms with Crippen molar-refractivity contribution in [3.8, 4) is 0 Å². The van der Waals surface area contributed by atoms with Gasteiger partial charge in [-0.3, -0.25) is 0 Å². The SMILES string of the molecule is CC[C@H]1CCC[C@@H](NC)C1. The topological polar surface area (TPSA) is 12.0 Å². The summed E-state index contributed by atoms with van der Waals surface area (Å²) in [6, 6.07) is 0.818. The Kier molecular flexibility index (Phi) is 3.20. The molecule has 0 saturated heterocycles. The van der Waals surface area contributed by atoms with E-state index < -0.39 is 0 Å². The highest BCUT2D eigenvalue weighted by molar-refractivity contribution is 4.75. The molecule has 2 atom stereocenters. The van der Waals surface area contributed by atoms with Crippen LogP contribution in [0.4, 0.5) is 0 Å². The van der Waals surface area contributed by atoms with Crippen LogP contribution >= 0.6 is 0 Å². The summed E-state index contributed by atoms with van der Waals surface area (Å²) < 4.78 is 0. The van der Waals surface area contributed by atoms with Crippen LogP contribution in [0.3, 0.4) is 0 Å². The van der Waals surface area contributed by atoms with E-state index >= 15 is 0 Å². The van der Waals surface area contributed by atoms with Gasteiger partial charge < -0.3 is 5.32 Å². The van der Waals surface area contributed by atoms with Gasteiger partial charge in [0.05, 0.1) is 0 Å². The molecule has 10 heavy (non-hydrogen) atoms. The van der Waals surface area contributed by atoms with Gasteiger partial charge in [0.15, 0.2) is 0 Å². The second kappa shape index (κ2) is 3.97. The van der Waals surface area contributed by atoms with Crippen molar-refractivity contribution in [3.63, 3.8) is 0 Å². The molecule has 1 nitrogen and oxygen atoms in total. The van der Waals surface area contributed by atoms with Crippen LogP contribution in [0.1, 0.15) is 39.0 Å². The van der Waals surface area contributed by atoms with E-state index in [0.29, 0.717) is 0 Å². The van der Waals surface area contributed by atoms with Crippen molar-refractivity contribution in [1.29, 1.82) is 0 Å². The fraction of sp³-hybridized carbons (Fsp3) is 1.00. The third-order valence-corrected chi connectivity index (χ3v) is 2.77. The molecule has 0 aromatic rings. The van der Waals surface area contributed by atoms with Gasteiger partial charge in [-0.05, 0) is 25.8 Å². The zero-order valence-corrected chi connectivity index (χ0v) is 7.19. The number of hydrogen-bond donors (Lipinski definition) is 1. The Morgan fingerprint density at radius 1 is 1.40 bits per heavy atom. The van der Waals surface area contributed by atoms with Gasteiger partial charge in [-0.2, -0.15) is 0 Å². The molecule has 0 amide bonds. The molecule has 0 aromatic heterocycles. The molecular weight excluding hydrogens is 122 g/mol. The molecule has 60 valence electrons. The molecule has 0 aromatic carbocycles. The van der Waals surface area contributed by atoms with Gasteiger partial charge in [0, 0.05) is 6.04 Å². The number of rotatable bonds is 2. The first-order valence-electron chi connectivity index (χ1n) is 4.54. The van der Waals surface area contributed by atoms with Gasteiger partial charge >= 0.3 is 0 Å². The zero-order chi connectivity index (χ0) is 7.40. The van der Waals surface area contributed by atoms with Crippen molar-refractivity contribution in [3.05, 3.63) is 0 Å². The lowest BCUT2D eigenvalue weighted by Crippen LogP contribution is -2.30.